The Balaban J connectivity index is 2.32. The van der Waals surface area contributed by atoms with E-state index >= 15 is 0 Å². The predicted molar refractivity (Wildman–Crippen MR) is 79.2 cm³/mol. The number of carbonyl (C=O) groups is 2. The standard InChI is InChI=1S/C13H16Cl2N2O3/c1-2-20-12(19)6-7-16-8-11(18)17-13-9(14)4-3-5-10(13)15/h3-5,16H,2,6-8H2,1H3,(H,17,18). The summed E-state index contributed by atoms with van der Waals surface area (Å²) in [7, 11) is 0. The molecule has 20 heavy (non-hydrogen) atoms. The van der Waals surface area contributed by atoms with Crippen molar-refractivity contribution in [2.75, 3.05) is 25.0 Å². The minimum atomic E-state index is -0.297. The molecule has 0 radical (unpaired) electrons. The average Bonchev–Trinajstić information content (AvgIpc) is 2.39. The van der Waals surface area contributed by atoms with E-state index in [9.17, 15) is 9.59 Å². The maximum Gasteiger partial charge on any atom is 0.307 e. The fourth-order valence-corrected chi connectivity index (χ4v) is 1.92. The van der Waals surface area contributed by atoms with Crippen molar-refractivity contribution in [2.45, 2.75) is 13.3 Å². The van der Waals surface area contributed by atoms with E-state index in [-0.39, 0.29) is 24.8 Å². The first kappa shape index (κ1) is 16.8. The lowest BCUT2D eigenvalue weighted by Crippen LogP contribution is -2.30. The quantitative estimate of drug-likeness (QED) is 0.598. The number of para-hydroxylation sites is 1. The number of nitrogens with one attached hydrogen (secondary N) is 2. The van der Waals surface area contributed by atoms with Crippen molar-refractivity contribution in [1.29, 1.82) is 0 Å². The molecule has 0 unspecified atom stereocenters. The summed E-state index contributed by atoms with van der Waals surface area (Å²) in [6.07, 6.45) is 0.216. The van der Waals surface area contributed by atoms with Crippen LogP contribution in [0.15, 0.2) is 18.2 Å². The second-order valence-electron chi connectivity index (χ2n) is 3.88. The Labute approximate surface area is 127 Å². The Bertz CT molecular complexity index is 460. The number of hydrogen-bond donors (Lipinski definition) is 2. The van der Waals surface area contributed by atoms with Crippen molar-refractivity contribution < 1.29 is 14.3 Å². The molecule has 0 aliphatic carbocycles. The van der Waals surface area contributed by atoms with Gasteiger partial charge in [0, 0.05) is 6.54 Å². The zero-order chi connectivity index (χ0) is 15.0. The molecule has 0 bridgehead atoms. The Kier molecular flexibility index (Phi) is 7.36. The van der Waals surface area contributed by atoms with Gasteiger partial charge in [-0.1, -0.05) is 29.3 Å². The van der Waals surface area contributed by atoms with Crippen LogP contribution in [0.25, 0.3) is 0 Å². The smallest absolute Gasteiger partial charge is 0.307 e. The summed E-state index contributed by atoms with van der Waals surface area (Å²) >= 11 is 11.9. The number of ether oxygens (including phenoxy) is 1. The summed E-state index contributed by atoms with van der Waals surface area (Å²) < 4.78 is 4.76. The van der Waals surface area contributed by atoms with Crippen molar-refractivity contribution in [3.8, 4) is 0 Å². The van der Waals surface area contributed by atoms with Gasteiger partial charge in [-0.25, -0.2) is 0 Å². The van der Waals surface area contributed by atoms with Gasteiger partial charge in [0.05, 0.1) is 35.3 Å². The number of anilines is 1. The monoisotopic (exact) mass is 318 g/mol. The first-order valence-corrected chi connectivity index (χ1v) is 6.90. The van der Waals surface area contributed by atoms with Crippen LogP contribution in [0, 0.1) is 0 Å². The van der Waals surface area contributed by atoms with Crippen LogP contribution in [0.2, 0.25) is 10.0 Å². The van der Waals surface area contributed by atoms with Gasteiger partial charge in [-0.2, -0.15) is 0 Å². The van der Waals surface area contributed by atoms with E-state index in [2.05, 4.69) is 10.6 Å². The van der Waals surface area contributed by atoms with Crippen LogP contribution in [0.5, 0.6) is 0 Å². The number of esters is 1. The Morgan fingerprint density at radius 2 is 1.90 bits per heavy atom. The first-order valence-electron chi connectivity index (χ1n) is 6.14. The van der Waals surface area contributed by atoms with E-state index in [4.69, 9.17) is 27.9 Å². The molecule has 0 saturated heterocycles. The molecule has 0 spiro atoms. The van der Waals surface area contributed by atoms with Crippen molar-refractivity contribution >= 4 is 40.8 Å². The van der Waals surface area contributed by atoms with Crippen molar-refractivity contribution in [3.05, 3.63) is 28.2 Å². The van der Waals surface area contributed by atoms with Gasteiger partial charge in [-0.3, -0.25) is 9.59 Å². The van der Waals surface area contributed by atoms with Gasteiger partial charge in [-0.05, 0) is 19.1 Å². The van der Waals surface area contributed by atoms with Crippen LogP contribution in [0.3, 0.4) is 0 Å². The number of amides is 1. The Morgan fingerprint density at radius 3 is 2.50 bits per heavy atom. The number of rotatable bonds is 7. The Morgan fingerprint density at radius 1 is 1.25 bits per heavy atom. The van der Waals surface area contributed by atoms with Crippen LogP contribution in [0.4, 0.5) is 5.69 Å². The highest BCUT2D eigenvalue weighted by Crippen LogP contribution is 2.29. The molecule has 0 atom stereocenters. The van der Waals surface area contributed by atoms with Crippen LogP contribution >= 0.6 is 23.2 Å². The molecule has 0 aromatic heterocycles. The molecular formula is C13H16Cl2N2O3. The highest BCUT2D eigenvalue weighted by molar-refractivity contribution is 6.39. The molecule has 1 amide bonds. The van der Waals surface area contributed by atoms with E-state index in [0.29, 0.717) is 28.9 Å². The normalized spacial score (nSPS) is 10.2. The van der Waals surface area contributed by atoms with Gasteiger partial charge in [0.1, 0.15) is 0 Å². The molecule has 1 aromatic carbocycles. The molecule has 1 rings (SSSR count). The third-order valence-electron chi connectivity index (χ3n) is 2.32. The molecule has 1 aromatic rings. The van der Waals surface area contributed by atoms with Gasteiger partial charge < -0.3 is 15.4 Å². The van der Waals surface area contributed by atoms with Crippen molar-refractivity contribution in [1.82, 2.24) is 5.32 Å². The Hall–Kier alpha value is -1.30. The SMILES string of the molecule is CCOC(=O)CCNCC(=O)Nc1c(Cl)cccc1Cl. The topological polar surface area (TPSA) is 67.4 Å². The van der Waals surface area contributed by atoms with E-state index in [1.807, 2.05) is 0 Å². The fourth-order valence-electron chi connectivity index (χ4n) is 1.43. The third kappa shape index (κ3) is 5.77. The molecule has 0 aliphatic rings. The number of carbonyl (C=O) groups excluding carboxylic acids is 2. The molecule has 5 nitrogen and oxygen atoms in total. The summed E-state index contributed by atoms with van der Waals surface area (Å²) in [4.78, 5) is 22.8. The molecule has 0 fully saturated rings. The van der Waals surface area contributed by atoms with E-state index in [1.165, 1.54) is 0 Å². The summed E-state index contributed by atoms with van der Waals surface area (Å²) in [5, 5.41) is 6.19. The number of benzene rings is 1. The number of hydrogen-bond acceptors (Lipinski definition) is 4. The molecular weight excluding hydrogens is 303 g/mol. The largest absolute Gasteiger partial charge is 0.466 e. The maximum atomic E-state index is 11.7. The molecule has 2 N–H and O–H groups in total. The van der Waals surface area contributed by atoms with Crippen LogP contribution in [-0.4, -0.2) is 31.6 Å². The molecule has 0 saturated carbocycles. The summed E-state index contributed by atoms with van der Waals surface area (Å²) in [6, 6.07) is 4.96. The van der Waals surface area contributed by atoms with E-state index in [0.717, 1.165) is 0 Å². The molecule has 110 valence electrons. The molecule has 0 heterocycles. The molecule has 7 heteroatoms. The van der Waals surface area contributed by atoms with Gasteiger partial charge in [-0.15, -0.1) is 0 Å². The summed E-state index contributed by atoms with van der Waals surface area (Å²) in [5.74, 6) is -0.585. The van der Waals surface area contributed by atoms with Crippen LogP contribution in [0.1, 0.15) is 13.3 Å². The lowest BCUT2D eigenvalue weighted by molar-refractivity contribution is -0.143. The van der Waals surface area contributed by atoms with Crippen molar-refractivity contribution in [2.24, 2.45) is 0 Å². The van der Waals surface area contributed by atoms with Crippen LogP contribution in [-0.2, 0) is 14.3 Å². The lowest BCUT2D eigenvalue weighted by Gasteiger charge is -2.09. The fraction of sp³-hybridized carbons (Fsp3) is 0.385. The minimum Gasteiger partial charge on any atom is -0.466 e. The highest BCUT2D eigenvalue weighted by Gasteiger charge is 2.09. The van der Waals surface area contributed by atoms with Gasteiger partial charge in [0.2, 0.25) is 5.91 Å². The summed E-state index contributed by atoms with van der Waals surface area (Å²) in [5.41, 5.74) is 0.382. The predicted octanol–water partition coefficient (Wildman–Crippen LogP) is 2.47. The van der Waals surface area contributed by atoms with Crippen LogP contribution < -0.4 is 10.6 Å². The highest BCUT2D eigenvalue weighted by atomic mass is 35.5. The zero-order valence-electron chi connectivity index (χ0n) is 11.0. The number of halogens is 2. The average molecular weight is 319 g/mol. The van der Waals surface area contributed by atoms with E-state index in [1.54, 1.807) is 25.1 Å². The zero-order valence-corrected chi connectivity index (χ0v) is 12.6. The van der Waals surface area contributed by atoms with Gasteiger partial charge >= 0.3 is 5.97 Å². The maximum absolute atomic E-state index is 11.7. The van der Waals surface area contributed by atoms with Gasteiger partial charge in [0.25, 0.3) is 0 Å². The third-order valence-corrected chi connectivity index (χ3v) is 2.95. The van der Waals surface area contributed by atoms with Crippen molar-refractivity contribution in [3.63, 3.8) is 0 Å². The summed E-state index contributed by atoms with van der Waals surface area (Å²) in [6.45, 7) is 2.51. The van der Waals surface area contributed by atoms with Gasteiger partial charge in [0.15, 0.2) is 0 Å². The minimum absolute atomic E-state index is 0.0565. The lowest BCUT2D eigenvalue weighted by atomic mass is 10.3. The molecule has 0 aliphatic heterocycles. The van der Waals surface area contributed by atoms with E-state index < -0.39 is 0 Å². The second-order valence-corrected chi connectivity index (χ2v) is 4.69. The second kappa shape index (κ2) is 8.79. The first-order chi connectivity index (χ1) is 9.54.